The first-order valence-electron chi connectivity index (χ1n) is 5.99. The summed E-state index contributed by atoms with van der Waals surface area (Å²) in [6.07, 6.45) is 1.95. The maximum absolute atomic E-state index is 5.12. The van der Waals surface area contributed by atoms with Crippen LogP contribution in [0.1, 0.15) is 27.7 Å². The minimum atomic E-state index is 0.176. The zero-order valence-corrected chi connectivity index (χ0v) is 11.5. The lowest BCUT2D eigenvalue weighted by molar-refractivity contribution is 0.130. The van der Waals surface area contributed by atoms with E-state index < -0.39 is 0 Å². The van der Waals surface area contributed by atoms with E-state index in [9.17, 15) is 0 Å². The molecule has 1 unspecified atom stereocenters. The van der Waals surface area contributed by atoms with Crippen molar-refractivity contribution < 1.29 is 4.74 Å². The van der Waals surface area contributed by atoms with Crippen LogP contribution in [0.15, 0.2) is 12.7 Å². The van der Waals surface area contributed by atoms with E-state index in [-0.39, 0.29) is 5.54 Å². The lowest BCUT2D eigenvalue weighted by atomic mass is 10.1. The topological polar surface area (TPSA) is 24.5 Å². The Bertz CT molecular complexity index is 187. The van der Waals surface area contributed by atoms with Crippen LogP contribution in [0.3, 0.4) is 0 Å². The van der Waals surface area contributed by atoms with E-state index in [0.717, 1.165) is 26.2 Å². The smallest absolute Gasteiger partial charge is 0.0589 e. The van der Waals surface area contributed by atoms with Gasteiger partial charge in [-0.3, -0.25) is 4.90 Å². The molecule has 0 aromatic carbocycles. The number of hydrogen-bond donors (Lipinski definition) is 1. The summed E-state index contributed by atoms with van der Waals surface area (Å²) in [4.78, 5) is 2.37. The van der Waals surface area contributed by atoms with Crippen LogP contribution < -0.4 is 5.32 Å². The average Bonchev–Trinajstić information content (AvgIpc) is 2.19. The molecule has 0 radical (unpaired) electrons. The molecule has 0 aliphatic heterocycles. The van der Waals surface area contributed by atoms with Crippen LogP contribution >= 0.6 is 0 Å². The summed E-state index contributed by atoms with van der Waals surface area (Å²) >= 11 is 0. The molecule has 0 heterocycles. The van der Waals surface area contributed by atoms with E-state index in [1.165, 1.54) is 0 Å². The quantitative estimate of drug-likeness (QED) is 0.642. The average molecular weight is 228 g/mol. The van der Waals surface area contributed by atoms with Crippen LogP contribution in [-0.2, 0) is 4.74 Å². The highest BCUT2D eigenvalue weighted by molar-refractivity contribution is 4.80. The third kappa shape index (κ3) is 7.85. The molecule has 16 heavy (non-hydrogen) atoms. The molecule has 96 valence electrons. The zero-order valence-electron chi connectivity index (χ0n) is 11.5. The highest BCUT2D eigenvalue weighted by Crippen LogP contribution is 2.03. The van der Waals surface area contributed by atoms with Gasteiger partial charge in [-0.25, -0.2) is 0 Å². The van der Waals surface area contributed by atoms with Crippen molar-refractivity contribution in [3.63, 3.8) is 0 Å². The fraction of sp³-hybridized carbons (Fsp3) is 0.846. The van der Waals surface area contributed by atoms with Crippen molar-refractivity contribution in [3.05, 3.63) is 12.7 Å². The molecule has 3 nitrogen and oxygen atoms in total. The molecule has 0 spiro atoms. The van der Waals surface area contributed by atoms with Gasteiger partial charge in [-0.2, -0.15) is 0 Å². The van der Waals surface area contributed by atoms with E-state index >= 15 is 0 Å². The van der Waals surface area contributed by atoms with E-state index in [1.807, 2.05) is 6.08 Å². The predicted molar refractivity (Wildman–Crippen MR) is 70.9 cm³/mol. The largest absolute Gasteiger partial charge is 0.383 e. The molecule has 1 N–H and O–H groups in total. The van der Waals surface area contributed by atoms with E-state index in [1.54, 1.807) is 7.11 Å². The predicted octanol–water partition coefficient (Wildman–Crippen LogP) is 1.90. The monoisotopic (exact) mass is 228 g/mol. The Morgan fingerprint density at radius 1 is 1.44 bits per heavy atom. The fourth-order valence-corrected chi connectivity index (χ4v) is 1.45. The molecular formula is C13H28N2O. The third-order valence-electron chi connectivity index (χ3n) is 2.50. The Morgan fingerprint density at radius 3 is 2.50 bits per heavy atom. The molecule has 0 aromatic heterocycles. The number of rotatable bonds is 8. The lowest BCUT2D eigenvalue weighted by Gasteiger charge is -2.31. The second-order valence-corrected chi connectivity index (χ2v) is 5.26. The van der Waals surface area contributed by atoms with Crippen molar-refractivity contribution in [2.75, 3.05) is 33.4 Å². The second-order valence-electron chi connectivity index (χ2n) is 5.26. The number of hydrogen-bond acceptors (Lipinski definition) is 3. The van der Waals surface area contributed by atoms with Crippen molar-refractivity contribution in [3.8, 4) is 0 Å². The molecule has 0 aromatic rings. The molecule has 1 atom stereocenters. The van der Waals surface area contributed by atoms with Gasteiger partial charge in [0.05, 0.1) is 6.61 Å². The molecule has 0 amide bonds. The van der Waals surface area contributed by atoms with Crippen LogP contribution in [0, 0.1) is 0 Å². The number of nitrogens with zero attached hydrogens (tertiary/aromatic N) is 1. The SMILES string of the molecule is C=CCN(CCOC)C(C)CNC(C)(C)C. The molecule has 0 fully saturated rings. The van der Waals surface area contributed by atoms with Gasteiger partial charge in [0.1, 0.15) is 0 Å². The summed E-state index contributed by atoms with van der Waals surface area (Å²) in [5.74, 6) is 0. The maximum atomic E-state index is 5.12. The zero-order chi connectivity index (χ0) is 12.6. The van der Waals surface area contributed by atoms with Crippen LogP contribution in [0.2, 0.25) is 0 Å². The first-order valence-corrected chi connectivity index (χ1v) is 5.99. The minimum Gasteiger partial charge on any atom is -0.383 e. The van der Waals surface area contributed by atoms with Crippen LogP contribution in [0.5, 0.6) is 0 Å². The molecule has 0 aliphatic rings. The van der Waals surface area contributed by atoms with Gasteiger partial charge in [-0.15, -0.1) is 6.58 Å². The summed E-state index contributed by atoms with van der Waals surface area (Å²) in [5, 5.41) is 3.52. The van der Waals surface area contributed by atoms with E-state index in [0.29, 0.717) is 6.04 Å². The highest BCUT2D eigenvalue weighted by Gasteiger charge is 2.15. The van der Waals surface area contributed by atoms with Gasteiger partial charge >= 0.3 is 0 Å². The fourth-order valence-electron chi connectivity index (χ4n) is 1.45. The number of ether oxygens (including phenoxy) is 1. The summed E-state index contributed by atoms with van der Waals surface area (Å²) in [6.45, 7) is 16.2. The first-order chi connectivity index (χ1) is 7.40. The molecule has 0 aliphatic carbocycles. The molecule has 0 saturated heterocycles. The standard InChI is InChI=1S/C13H28N2O/c1-7-8-15(9-10-16-6)12(2)11-14-13(3,4)5/h7,12,14H,1,8-11H2,2-6H3. The van der Waals surface area contributed by atoms with Crippen molar-refractivity contribution in [1.82, 2.24) is 10.2 Å². The molecule has 0 saturated carbocycles. The van der Waals surface area contributed by atoms with Gasteiger partial charge in [0.25, 0.3) is 0 Å². The Kier molecular flexibility index (Phi) is 7.64. The third-order valence-corrected chi connectivity index (χ3v) is 2.50. The minimum absolute atomic E-state index is 0.176. The van der Waals surface area contributed by atoms with E-state index in [4.69, 9.17) is 4.74 Å². The van der Waals surface area contributed by atoms with Gasteiger partial charge in [0.15, 0.2) is 0 Å². The Labute approximate surface area is 101 Å². The highest BCUT2D eigenvalue weighted by atomic mass is 16.5. The first kappa shape index (κ1) is 15.6. The van der Waals surface area contributed by atoms with Crippen LogP contribution in [-0.4, -0.2) is 49.8 Å². The Hall–Kier alpha value is -0.380. The molecular weight excluding hydrogens is 200 g/mol. The number of methoxy groups -OCH3 is 1. The van der Waals surface area contributed by atoms with Crippen LogP contribution in [0.4, 0.5) is 0 Å². The summed E-state index contributed by atoms with van der Waals surface area (Å²) in [6, 6.07) is 0.493. The van der Waals surface area contributed by atoms with Gasteiger partial charge in [-0.05, 0) is 27.7 Å². The Balaban J connectivity index is 4.04. The van der Waals surface area contributed by atoms with Gasteiger partial charge in [0.2, 0.25) is 0 Å². The van der Waals surface area contributed by atoms with Crippen molar-refractivity contribution in [2.24, 2.45) is 0 Å². The Morgan fingerprint density at radius 2 is 2.06 bits per heavy atom. The van der Waals surface area contributed by atoms with Gasteiger partial charge in [0, 0.05) is 38.3 Å². The molecule has 3 heteroatoms. The maximum Gasteiger partial charge on any atom is 0.0589 e. The summed E-state index contributed by atoms with van der Waals surface area (Å²) in [7, 11) is 1.74. The second kappa shape index (κ2) is 7.82. The van der Waals surface area contributed by atoms with Gasteiger partial charge in [-0.1, -0.05) is 6.08 Å². The molecule has 0 rings (SSSR count). The van der Waals surface area contributed by atoms with Crippen molar-refractivity contribution in [2.45, 2.75) is 39.3 Å². The molecule has 0 bridgehead atoms. The van der Waals surface area contributed by atoms with Crippen LogP contribution in [0.25, 0.3) is 0 Å². The van der Waals surface area contributed by atoms with Crippen molar-refractivity contribution >= 4 is 0 Å². The van der Waals surface area contributed by atoms with E-state index in [2.05, 4.69) is 44.5 Å². The summed E-state index contributed by atoms with van der Waals surface area (Å²) < 4.78 is 5.12. The summed E-state index contributed by atoms with van der Waals surface area (Å²) in [5.41, 5.74) is 0.176. The number of nitrogens with one attached hydrogen (secondary N) is 1. The lowest BCUT2D eigenvalue weighted by Crippen LogP contribution is -2.47. The normalized spacial score (nSPS) is 14.1. The van der Waals surface area contributed by atoms with Gasteiger partial charge < -0.3 is 10.1 Å². The van der Waals surface area contributed by atoms with Crippen molar-refractivity contribution in [1.29, 1.82) is 0 Å².